The van der Waals surface area contributed by atoms with Crippen molar-refractivity contribution in [2.75, 3.05) is 25.0 Å². The second kappa shape index (κ2) is 4.76. The maximum atomic E-state index is 4.48. The average molecular weight is 306 g/mol. The van der Waals surface area contributed by atoms with E-state index in [2.05, 4.69) is 61.5 Å². The fourth-order valence-corrected chi connectivity index (χ4v) is 3.88. The molecule has 2 aliphatic heterocycles. The van der Waals surface area contributed by atoms with E-state index in [1.165, 1.54) is 6.42 Å². The fourth-order valence-electron chi connectivity index (χ4n) is 3.88. The van der Waals surface area contributed by atoms with Crippen molar-refractivity contribution in [3.05, 3.63) is 36.5 Å². The summed E-state index contributed by atoms with van der Waals surface area (Å²) in [4.78, 5) is 4.85. The van der Waals surface area contributed by atoms with Crippen LogP contribution in [0.2, 0.25) is 0 Å². The number of H-pyrrole nitrogens is 1. The Kier molecular flexibility index (Phi) is 2.69. The molecular weight excluding hydrogens is 288 g/mol. The minimum absolute atomic E-state index is 0.590. The van der Waals surface area contributed by atoms with E-state index in [0.717, 1.165) is 41.1 Å². The second-order valence-electron chi connectivity index (χ2n) is 6.58. The number of hydrogen-bond donors (Lipinski definition) is 1. The molecule has 23 heavy (non-hydrogen) atoms. The van der Waals surface area contributed by atoms with Crippen molar-refractivity contribution in [1.82, 2.24) is 25.3 Å². The molecule has 0 radical (unpaired) electrons. The summed E-state index contributed by atoms with van der Waals surface area (Å²) in [6.07, 6.45) is 3.08. The number of aromatic amines is 1. The molecule has 2 fully saturated rings. The Hall–Kier alpha value is -2.47. The lowest BCUT2D eigenvalue weighted by Gasteiger charge is -2.32. The van der Waals surface area contributed by atoms with E-state index in [-0.39, 0.29) is 0 Å². The van der Waals surface area contributed by atoms with Gasteiger partial charge in [-0.05, 0) is 37.7 Å². The smallest absolute Gasteiger partial charge is 0.151 e. The van der Waals surface area contributed by atoms with Crippen LogP contribution < -0.4 is 4.90 Å². The number of aromatic nitrogens is 4. The topological polar surface area (TPSA) is 60.9 Å². The number of nitrogens with zero attached hydrogens (tertiary/aromatic N) is 5. The van der Waals surface area contributed by atoms with Gasteiger partial charge in [-0.25, -0.2) is 0 Å². The normalized spacial score (nSPS) is 24.0. The van der Waals surface area contributed by atoms with Gasteiger partial charge in [0.1, 0.15) is 0 Å². The van der Waals surface area contributed by atoms with E-state index in [9.17, 15) is 0 Å². The standard InChI is InChI=1S/C17H18N6/c1-22-9-14-7-13(22)10-23(14)17-5-4-15(20-21-17)11-2-3-16-12(6-11)8-18-19-16/h2-6,8,13-14H,7,9-10H2,1H3,(H,18,19)/t13-,14+/m0/s1. The van der Waals surface area contributed by atoms with Gasteiger partial charge in [-0.15, -0.1) is 10.2 Å². The fraction of sp³-hybridized carbons (Fsp3) is 0.353. The number of likely N-dealkylation sites (N-methyl/N-ethyl adjacent to an activating group) is 1. The number of piperazine rings is 1. The predicted octanol–water partition coefficient (Wildman–Crippen LogP) is 1.91. The zero-order valence-electron chi connectivity index (χ0n) is 13.0. The van der Waals surface area contributed by atoms with Crippen LogP contribution in [0.15, 0.2) is 36.5 Å². The number of hydrogen-bond acceptors (Lipinski definition) is 5. The van der Waals surface area contributed by atoms with Gasteiger partial charge in [0.25, 0.3) is 0 Å². The summed E-state index contributed by atoms with van der Waals surface area (Å²) in [5, 5.41) is 17.1. The van der Waals surface area contributed by atoms with E-state index >= 15 is 0 Å². The van der Waals surface area contributed by atoms with Crippen LogP contribution in [0.25, 0.3) is 22.2 Å². The molecule has 5 rings (SSSR count). The molecule has 2 aromatic heterocycles. The lowest BCUT2D eigenvalue weighted by molar-refractivity contribution is 0.292. The summed E-state index contributed by atoms with van der Waals surface area (Å²) < 4.78 is 0. The van der Waals surface area contributed by atoms with Gasteiger partial charge >= 0.3 is 0 Å². The molecule has 2 atom stereocenters. The van der Waals surface area contributed by atoms with Gasteiger partial charge in [-0.2, -0.15) is 5.10 Å². The summed E-state index contributed by atoms with van der Waals surface area (Å²) in [6.45, 7) is 2.20. The molecule has 3 aromatic rings. The summed E-state index contributed by atoms with van der Waals surface area (Å²) >= 11 is 0. The Labute approximate surface area is 134 Å². The van der Waals surface area contributed by atoms with Crippen molar-refractivity contribution < 1.29 is 0 Å². The third kappa shape index (κ3) is 2.02. The van der Waals surface area contributed by atoms with Gasteiger partial charge in [-0.1, -0.05) is 6.07 Å². The molecular formula is C17H18N6. The number of benzene rings is 1. The molecule has 1 N–H and O–H groups in total. The minimum atomic E-state index is 0.590. The first-order chi connectivity index (χ1) is 11.3. The summed E-state index contributed by atoms with van der Waals surface area (Å²) in [5.74, 6) is 0.999. The third-order valence-electron chi connectivity index (χ3n) is 5.20. The van der Waals surface area contributed by atoms with Crippen molar-refractivity contribution in [3.63, 3.8) is 0 Å². The Morgan fingerprint density at radius 2 is 2.04 bits per heavy atom. The Morgan fingerprint density at radius 3 is 2.78 bits per heavy atom. The van der Waals surface area contributed by atoms with Crippen molar-refractivity contribution in [2.45, 2.75) is 18.5 Å². The van der Waals surface area contributed by atoms with Crippen LogP contribution in [0, 0.1) is 0 Å². The lowest BCUT2D eigenvalue weighted by atomic mass is 10.1. The second-order valence-corrected chi connectivity index (χ2v) is 6.58. The molecule has 0 unspecified atom stereocenters. The van der Waals surface area contributed by atoms with Crippen molar-refractivity contribution in [2.24, 2.45) is 0 Å². The summed E-state index contributed by atoms with van der Waals surface area (Å²) in [5.41, 5.74) is 3.01. The number of rotatable bonds is 2. The largest absolute Gasteiger partial charge is 0.349 e. The van der Waals surface area contributed by atoms with Gasteiger partial charge < -0.3 is 4.90 Å². The highest BCUT2D eigenvalue weighted by Gasteiger charge is 2.41. The molecule has 6 heteroatoms. The quantitative estimate of drug-likeness (QED) is 0.784. The number of anilines is 1. The molecule has 6 nitrogen and oxygen atoms in total. The van der Waals surface area contributed by atoms with E-state index < -0.39 is 0 Å². The number of nitrogens with one attached hydrogen (secondary N) is 1. The highest BCUT2D eigenvalue weighted by Crippen LogP contribution is 2.32. The van der Waals surface area contributed by atoms with Crippen LogP contribution in [0.4, 0.5) is 5.82 Å². The van der Waals surface area contributed by atoms with Gasteiger partial charge in [-0.3, -0.25) is 10.00 Å². The number of fused-ring (bicyclic) bond motifs is 3. The SMILES string of the molecule is CN1C[C@H]2C[C@H]1CN2c1ccc(-c2ccc3[nH]ncc3c2)nn1. The number of likely N-dealkylation sites (tertiary alicyclic amines) is 1. The molecule has 4 heterocycles. The van der Waals surface area contributed by atoms with Crippen LogP contribution in [0.1, 0.15) is 6.42 Å². The molecule has 2 aliphatic rings. The van der Waals surface area contributed by atoms with Gasteiger partial charge in [0.05, 0.1) is 17.4 Å². The van der Waals surface area contributed by atoms with Crippen molar-refractivity contribution in [1.29, 1.82) is 0 Å². The van der Waals surface area contributed by atoms with Crippen LogP contribution >= 0.6 is 0 Å². The van der Waals surface area contributed by atoms with E-state index in [0.29, 0.717) is 12.1 Å². The molecule has 0 spiro atoms. The first-order valence-corrected chi connectivity index (χ1v) is 8.02. The molecule has 0 aliphatic carbocycles. The Morgan fingerprint density at radius 1 is 1.09 bits per heavy atom. The Balaban J connectivity index is 1.43. The van der Waals surface area contributed by atoms with Crippen LogP contribution in [-0.2, 0) is 0 Å². The average Bonchev–Trinajstić information content (AvgIpc) is 3.29. The monoisotopic (exact) mass is 306 g/mol. The highest BCUT2D eigenvalue weighted by molar-refractivity contribution is 5.83. The molecule has 2 bridgehead atoms. The maximum Gasteiger partial charge on any atom is 0.151 e. The molecule has 2 saturated heterocycles. The first-order valence-electron chi connectivity index (χ1n) is 8.02. The minimum Gasteiger partial charge on any atom is -0.349 e. The van der Waals surface area contributed by atoms with Gasteiger partial charge in [0.15, 0.2) is 5.82 Å². The van der Waals surface area contributed by atoms with E-state index in [4.69, 9.17) is 0 Å². The third-order valence-corrected chi connectivity index (χ3v) is 5.20. The predicted molar refractivity (Wildman–Crippen MR) is 89.3 cm³/mol. The summed E-state index contributed by atoms with van der Waals surface area (Å²) in [6, 6.07) is 11.6. The summed E-state index contributed by atoms with van der Waals surface area (Å²) in [7, 11) is 2.21. The van der Waals surface area contributed by atoms with Crippen LogP contribution in [0.3, 0.4) is 0 Å². The van der Waals surface area contributed by atoms with E-state index in [1.54, 1.807) is 0 Å². The molecule has 0 saturated carbocycles. The molecule has 116 valence electrons. The van der Waals surface area contributed by atoms with E-state index in [1.807, 2.05) is 12.3 Å². The van der Waals surface area contributed by atoms with Crippen LogP contribution in [-0.4, -0.2) is 57.5 Å². The highest BCUT2D eigenvalue weighted by atomic mass is 15.4. The molecule has 0 amide bonds. The van der Waals surface area contributed by atoms with Crippen molar-refractivity contribution in [3.8, 4) is 11.3 Å². The zero-order valence-corrected chi connectivity index (χ0v) is 13.0. The van der Waals surface area contributed by atoms with Gasteiger partial charge in [0.2, 0.25) is 0 Å². The first kappa shape index (κ1) is 13.0. The lowest BCUT2D eigenvalue weighted by Crippen LogP contribution is -2.44. The Bertz CT molecular complexity index is 853. The van der Waals surface area contributed by atoms with Crippen molar-refractivity contribution >= 4 is 16.7 Å². The molecule has 1 aromatic carbocycles. The van der Waals surface area contributed by atoms with Crippen LogP contribution in [0.5, 0.6) is 0 Å². The van der Waals surface area contributed by atoms with Gasteiger partial charge in [0, 0.05) is 36.1 Å². The maximum absolute atomic E-state index is 4.48. The zero-order chi connectivity index (χ0) is 15.4.